The van der Waals surface area contributed by atoms with E-state index >= 15 is 0 Å². The van der Waals surface area contributed by atoms with Gasteiger partial charge in [0.05, 0.1) is 18.6 Å². The molecule has 1 aliphatic rings. The Balaban J connectivity index is 2.13. The number of benzene rings is 1. The Morgan fingerprint density at radius 2 is 2.33 bits per heavy atom. The average Bonchev–Trinajstić information content (AvgIpc) is 2.70. The Kier molecular flexibility index (Phi) is 3.09. The Morgan fingerprint density at radius 1 is 1.53 bits per heavy atom. The fourth-order valence-corrected chi connectivity index (χ4v) is 1.54. The molecule has 1 saturated heterocycles. The maximum Gasteiger partial charge on any atom is 0.184 e. The summed E-state index contributed by atoms with van der Waals surface area (Å²) < 4.78 is 23.7. The van der Waals surface area contributed by atoms with Crippen LogP contribution in [0.5, 0.6) is 5.75 Å². The molecule has 0 amide bonds. The average molecular weight is 233 g/mol. The van der Waals surface area contributed by atoms with Crippen molar-refractivity contribution in [3.63, 3.8) is 0 Å². The lowest BCUT2D eigenvalue weighted by Crippen LogP contribution is -2.10. The molecule has 2 atom stereocenters. The largest absolute Gasteiger partial charge is 0.505 e. The number of hydrogen-bond acceptors (Lipinski definition) is 3. The van der Waals surface area contributed by atoms with Crippen molar-refractivity contribution in [3.8, 4) is 5.75 Å². The highest BCUT2D eigenvalue weighted by Gasteiger charge is 2.27. The first-order valence-electron chi connectivity index (χ1n) is 4.52. The Hall–Kier alpha value is -0.840. The predicted octanol–water partition coefficient (Wildman–Crippen LogP) is 2.18. The number of phenols is 1. The zero-order valence-corrected chi connectivity index (χ0v) is 8.58. The van der Waals surface area contributed by atoms with Gasteiger partial charge in [0.1, 0.15) is 0 Å². The summed E-state index contributed by atoms with van der Waals surface area (Å²) in [6.07, 6.45) is -0.752. The first kappa shape index (κ1) is 10.7. The van der Waals surface area contributed by atoms with Crippen LogP contribution in [0.4, 0.5) is 4.39 Å². The minimum absolute atomic E-state index is 0.159. The van der Waals surface area contributed by atoms with Crippen LogP contribution in [0.25, 0.3) is 0 Å². The third kappa shape index (κ3) is 2.22. The molecule has 2 rings (SSSR count). The Labute approximate surface area is 91.4 Å². The molecule has 1 N–H and O–H groups in total. The molecule has 3 nitrogen and oxygen atoms in total. The lowest BCUT2D eigenvalue weighted by molar-refractivity contribution is -0.0569. The van der Waals surface area contributed by atoms with Gasteiger partial charge in [-0.15, -0.1) is 11.6 Å². The second kappa shape index (κ2) is 4.35. The van der Waals surface area contributed by atoms with Gasteiger partial charge in [0, 0.05) is 5.56 Å². The van der Waals surface area contributed by atoms with Gasteiger partial charge < -0.3 is 14.6 Å². The summed E-state index contributed by atoms with van der Waals surface area (Å²) in [5.41, 5.74) is 0.540. The molecule has 0 saturated carbocycles. The maximum atomic E-state index is 13.0. The third-order valence-corrected chi connectivity index (χ3v) is 2.51. The molecular formula is C10H10ClFO3. The zero-order valence-electron chi connectivity index (χ0n) is 7.82. The molecule has 0 bridgehead atoms. The number of rotatable bonds is 2. The molecule has 15 heavy (non-hydrogen) atoms. The lowest BCUT2D eigenvalue weighted by Gasteiger charge is -2.10. The van der Waals surface area contributed by atoms with Crippen molar-refractivity contribution in [2.75, 3.05) is 12.5 Å². The van der Waals surface area contributed by atoms with Gasteiger partial charge in [-0.05, 0) is 12.1 Å². The van der Waals surface area contributed by atoms with Crippen LogP contribution in [0, 0.1) is 5.82 Å². The lowest BCUT2D eigenvalue weighted by atomic mass is 10.2. The van der Waals surface area contributed by atoms with Crippen molar-refractivity contribution < 1.29 is 19.0 Å². The van der Waals surface area contributed by atoms with E-state index in [1.54, 1.807) is 6.07 Å². The first-order valence-corrected chi connectivity index (χ1v) is 5.05. The molecule has 0 aliphatic carbocycles. The van der Waals surface area contributed by atoms with E-state index in [-0.39, 0.29) is 11.9 Å². The van der Waals surface area contributed by atoms with E-state index < -0.39 is 12.1 Å². The van der Waals surface area contributed by atoms with E-state index in [2.05, 4.69) is 0 Å². The van der Waals surface area contributed by atoms with Gasteiger partial charge in [-0.25, -0.2) is 4.39 Å². The standard InChI is InChI=1S/C10H10ClFO3/c11-4-7-5-14-10(15-7)6-1-2-9(13)8(12)3-6/h1-3,7,10,13H,4-5H2. The van der Waals surface area contributed by atoms with E-state index in [1.807, 2.05) is 0 Å². The summed E-state index contributed by atoms with van der Waals surface area (Å²) in [7, 11) is 0. The highest BCUT2D eigenvalue weighted by Crippen LogP contribution is 2.29. The smallest absolute Gasteiger partial charge is 0.184 e. The second-order valence-electron chi connectivity index (χ2n) is 3.29. The van der Waals surface area contributed by atoms with Crippen LogP contribution in [0.3, 0.4) is 0 Å². The van der Waals surface area contributed by atoms with Crippen molar-refractivity contribution in [1.82, 2.24) is 0 Å². The number of phenolic OH excluding ortho intramolecular Hbond substituents is 1. The van der Waals surface area contributed by atoms with Crippen molar-refractivity contribution in [3.05, 3.63) is 29.6 Å². The molecule has 0 spiro atoms. The zero-order chi connectivity index (χ0) is 10.8. The number of ether oxygens (including phenoxy) is 2. The molecule has 0 aromatic heterocycles. The molecule has 1 aromatic carbocycles. The van der Waals surface area contributed by atoms with Crippen LogP contribution in [0.2, 0.25) is 0 Å². The van der Waals surface area contributed by atoms with E-state index in [4.69, 9.17) is 26.2 Å². The van der Waals surface area contributed by atoms with Crippen LogP contribution in [-0.4, -0.2) is 23.7 Å². The van der Waals surface area contributed by atoms with E-state index in [1.165, 1.54) is 12.1 Å². The summed E-state index contributed by atoms with van der Waals surface area (Å²) in [6.45, 7) is 0.399. The van der Waals surface area contributed by atoms with E-state index in [0.29, 0.717) is 18.1 Å². The van der Waals surface area contributed by atoms with Crippen molar-refractivity contribution in [2.45, 2.75) is 12.4 Å². The Bertz CT molecular complexity index is 359. The van der Waals surface area contributed by atoms with Crippen LogP contribution in [0.1, 0.15) is 11.9 Å². The second-order valence-corrected chi connectivity index (χ2v) is 3.60. The number of aromatic hydroxyl groups is 1. The topological polar surface area (TPSA) is 38.7 Å². The predicted molar refractivity (Wildman–Crippen MR) is 52.4 cm³/mol. The monoisotopic (exact) mass is 232 g/mol. The van der Waals surface area contributed by atoms with Crippen molar-refractivity contribution in [2.24, 2.45) is 0 Å². The third-order valence-electron chi connectivity index (χ3n) is 2.17. The molecule has 1 heterocycles. The molecule has 2 unspecified atom stereocenters. The maximum absolute atomic E-state index is 13.0. The van der Waals surface area contributed by atoms with E-state index in [9.17, 15) is 4.39 Å². The summed E-state index contributed by atoms with van der Waals surface area (Å²) in [6, 6.07) is 4.02. The van der Waals surface area contributed by atoms with Gasteiger partial charge in [-0.1, -0.05) is 6.07 Å². The summed E-state index contributed by atoms with van der Waals surface area (Å²) in [4.78, 5) is 0. The van der Waals surface area contributed by atoms with Gasteiger partial charge in [0.15, 0.2) is 17.9 Å². The number of alkyl halides is 1. The van der Waals surface area contributed by atoms with Gasteiger partial charge in [0.2, 0.25) is 0 Å². The van der Waals surface area contributed by atoms with Crippen LogP contribution in [-0.2, 0) is 9.47 Å². The fourth-order valence-electron chi connectivity index (χ4n) is 1.37. The molecule has 1 fully saturated rings. The number of halogens is 2. The van der Waals surface area contributed by atoms with Gasteiger partial charge in [-0.3, -0.25) is 0 Å². The molecule has 1 aliphatic heterocycles. The Morgan fingerprint density at radius 3 is 2.93 bits per heavy atom. The fraction of sp³-hybridized carbons (Fsp3) is 0.400. The summed E-state index contributed by atoms with van der Waals surface area (Å²) in [5, 5.41) is 9.01. The van der Waals surface area contributed by atoms with Crippen molar-refractivity contribution >= 4 is 11.6 Å². The summed E-state index contributed by atoms with van der Waals surface area (Å²) in [5.74, 6) is -0.725. The minimum atomic E-state index is -0.686. The van der Waals surface area contributed by atoms with Gasteiger partial charge >= 0.3 is 0 Å². The van der Waals surface area contributed by atoms with Crippen LogP contribution < -0.4 is 0 Å². The number of hydrogen-bond donors (Lipinski definition) is 1. The summed E-state index contributed by atoms with van der Waals surface area (Å²) >= 11 is 5.60. The van der Waals surface area contributed by atoms with Crippen LogP contribution >= 0.6 is 11.6 Å². The highest BCUT2D eigenvalue weighted by atomic mass is 35.5. The highest BCUT2D eigenvalue weighted by molar-refractivity contribution is 6.18. The van der Waals surface area contributed by atoms with Gasteiger partial charge in [-0.2, -0.15) is 0 Å². The molecular weight excluding hydrogens is 223 g/mol. The normalized spacial score (nSPS) is 25.7. The van der Waals surface area contributed by atoms with E-state index in [0.717, 1.165) is 0 Å². The molecule has 82 valence electrons. The van der Waals surface area contributed by atoms with Crippen molar-refractivity contribution in [1.29, 1.82) is 0 Å². The molecule has 0 radical (unpaired) electrons. The SMILES string of the molecule is Oc1ccc(C2OCC(CCl)O2)cc1F. The quantitative estimate of drug-likeness (QED) is 0.795. The molecule has 5 heteroatoms. The van der Waals surface area contributed by atoms with Gasteiger partial charge in [0.25, 0.3) is 0 Å². The van der Waals surface area contributed by atoms with Crippen LogP contribution in [0.15, 0.2) is 18.2 Å². The minimum Gasteiger partial charge on any atom is -0.505 e. The first-order chi connectivity index (χ1) is 7.20. The molecule has 1 aromatic rings.